The molecule has 0 bridgehead atoms. The largest absolute Gasteiger partial charge is 0.496 e. The Hall–Kier alpha value is -1.52. The number of benzene rings is 1. The summed E-state index contributed by atoms with van der Waals surface area (Å²) in [5.41, 5.74) is 8.34. The number of nitrogens with two attached hydrogens (primary N) is 1. The van der Waals surface area contributed by atoms with Crippen molar-refractivity contribution in [3.8, 4) is 5.75 Å². The summed E-state index contributed by atoms with van der Waals surface area (Å²) >= 11 is 1.80. The molecule has 0 amide bonds. The van der Waals surface area contributed by atoms with E-state index in [0.717, 1.165) is 30.0 Å². The number of anilines is 1. The van der Waals surface area contributed by atoms with E-state index in [1.165, 1.54) is 4.88 Å². The highest BCUT2D eigenvalue weighted by atomic mass is 32.1. The zero-order valence-corrected chi connectivity index (χ0v) is 13.1. The van der Waals surface area contributed by atoms with Crippen molar-refractivity contribution >= 4 is 17.0 Å². The maximum Gasteiger partial charge on any atom is 0.125 e. The predicted molar refractivity (Wildman–Crippen MR) is 86.9 cm³/mol. The molecular weight excluding hydrogens is 268 g/mol. The Morgan fingerprint density at radius 1 is 1.30 bits per heavy atom. The summed E-state index contributed by atoms with van der Waals surface area (Å²) in [6.07, 6.45) is 1.05. The van der Waals surface area contributed by atoms with Crippen molar-refractivity contribution in [3.05, 3.63) is 46.2 Å². The molecule has 1 aromatic heterocycles. The fourth-order valence-electron chi connectivity index (χ4n) is 2.35. The fourth-order valence-corrected chi connectivity index (χ4v) is 3.05. The van der Waals surface area contributed by atoms with Crippen LogP contribution in [0, 0.1) is 0 Å². The average Bonchev–Trinajstić information content (AvgIpc) is 2.96. The van der Waals surface area contributed by atoms with Gasteiger partial charge in [-0.15, -0.1) is 11.3 Å². The van der Waals surface area contributed by atoms with Gasteiger partial charge in [0.25, 0.3) is 0 Å². The van der Waals surface area contributed by atoms with Gasteiger partial charge in [0.15, 0.2) is 0 Å². The number of rotatable bonds is 6. The molecule has 20 heavy (non-hydrogen) atoms. The van der Waals surface area contributed by atoms with Crippen LogP contribution < -0.4 is 15.4 Å². The van der Waals surface area contributed by atoms with Crippen molar-refractivity contribution in [2.24, 2.45) is 5.73 Å². The van der Waals surface area contributed by atoms with Gasteiger partial charge in [0.05, 0.1) is 7.11 Å². The molecule has 0 aliphatic carbocycles. The minimum Gasteiger partial charge on any atom is -0.496 e. The first-order valence-electron chi connectivity index (χ1n) is 6.79. The summed E-state index contributed by atoms with van der Waals surface area (Å²) in [6.45, 7) is 2.96. The molecule has 0 aliphatic rings. The number of hydrogen-bond acceptors (Lipinski definition) is 4. The maximum absolute atomic E-state index is 6.11. The van der Waals surface area contributed by atoms with Gasteiger partial charge in [0.1, 0.15) is 5.75 Å². The summed E-state index contributed by atoms with van der Waals surface area (Å²) < 4.78 is 5.44. The summed E-state index contributed by atoms with van der Waals surface area (Å²) in [5.74, 6) is 0.862. The first kappa shape index (κ1) is 14.9. The molecule has 4 heteroatoms. The van der Waals surface area contributed by atoms with Gasteiger partial charge in [-0.3, -0.25) is 0 Å². The molecule has 1 aromatic carbocycles. The van der Waals surface area contributed by atoms with Crippen LogP contribution in [0.4, 0.5) is 5.69 Å². The molecule has 2 rings (SSSR count). The lowest BCUT2D eigenvalue weighted by molar-refractivity contribution is 0.407. The van der Waals surface area contributed by atoms with Crippen LogP contribution in [0.25, 0.3) is 0 Å². The van der Waals surface area contributed by atoms with Crippen LogP contribution in [-0.4, -0.2) is 20.7 Å². The second kappa shape index (κ2) is 6.77. The number of thiophene rings is 1. The molecule has 1 atom stereocenters. The fraction of sp³-hybridized carbons (Fsp3) is 0.375. The standard InChI is InChI=1S/C16H22N2OS/c1-12(17)16-14(7-4-8-15(16)19-3)18(2)10-9-13-6-5-11-20-13/h4-8,11-12H,9-10,17H2,1-3H3/t12-/m0/s1. The van der Waals surface area contributed by atoms with Crippen LogP contribution in [0.2, 0.25) is 0 Å². The second-order valence-electron chi connectivity index (χ2n) is 4.93. The Labute approximate surface area is 125 Å². The van der Waals surface area contributed by atoms with Gasteiger partial charge in [0.2, 0.25) is 0 Å². The van der Waals surface area contributed by atoms with Crippen LogP contribution in [-0.2, 0) is 6.42 Å². The molecule has 2 N–H and O–H groups in total. The van der Waals surface area contributed by atoms with E-state index in [1.807, 2.05) is 19.1 Å². The molecule has 0 aliphatic heterocycles. The van der Waals surface area contributed by atoms with Crippen LogP contribution >= 0.6 is 11.3 Å². The minimum atomic E-state index is -0.0506. The Morgan fingerprint density at radius 3 is 2.70 bits per heavy atom. The first-order valence-corrected chi connectivity index (χ1v) is 7.67. The van der Waals surface area contributed by atoms with Crippen LogP contribution in [0.15, 0.2) is 35.7 Å². The van der Waals surface area contributed by atoms with Crippen LogP contribution in [0.1, 0.15) is 23.4 Å². The summed E-state index contributed by atoms with van der Waals surface area (Å²) in [4.78, 5) is 3.66. The quantitative estimate of drug-likeness (QED) is 0.885. The van der Waals surface area contributed by atoms with Crippen molar-refractivity contribution in [2.75, 3.05) is 25.6 Å². The summed E-state index contributed by atoms with van der Waals surface area (Å²) in [6, 6.07) is 10.3. The zero-order chi connectivity index (χ0) is 14.5. The van der Waals surface area contributed by atoms with Crippen LogP contribution in [0.3, 0.4) is 0 Å². The van der Waals surface area contributed by atoms with E-state index >= 15 is 0 Å². The number of methoxy groups -OCH3 is 1. The second-order valence-corrected chi connectivity index (χ2v) is 5.96. The highest BCUT2D eigenvalue weighted by molar-refractivity contribution is 7.09. The first-order chi connectivity index (χ1) is 9.63. The number of likely N-dealkylation sites (N-methyl/N-ethyl adjacent to an activating group) is 1. The molecule has 1 heterocycles. The third-order valence-electron chi connectivity index (χ3n) is 3.40. The van der Waals surface area contributed by atoms with E-state index in [4.69, 9.17) is 10.5 Å². The third-order valence-corrected chi connectivity index (χ3v) is 4.34. The predicted octanol–water partition coefficient (Wildman–Crippen LogP) is 3.46. The third kappa shape index (κ3) is 3.32. The van der Waals surface area contributed by atoms with E-state index in [2.05, 4.69) is 35.5 Å². The number of ether oxygens (including phenoxy) is 1. The Bertz CT molecular complexity index is 537. The number of hydrogen-bond donors (Lipinski definition) is 1. The molecule has 0 saturated carbocycles. The normalized spacial score (nSPS) is 12.2. The average molecular weight is 290 g/mol. The van der Waals surface area contributed by atoms with Crippen molar-refractivity contribution < 1.29 is 4.74 Å². The van der Waals surface area contributed by atoms with Gasteiger partial charge in [-0.1, -0.05) is 12.1 Å². The lowest BCUT2D eigenvalue weighted by atomic mass is 10.0. The molecule has 0 spiro atoms. The van der Waals surface area contributed by atoms with Gasteiger partial charge in [-0.25, -0.2) is 0 Å². The van der Waals surface area contributed by atoms with Crippen molar-refractivity contribution in [1.29, 1.82) is 0 Å². The Kier molecular flexibility index (Phi) is 5.04. The van der Waals surface area contributed by atoms with Crippen molar-refractivity contribution in [1.82, 2.24) is 0 Å². The lowest BCUT2D eigenvalue weighted by Gasteiger charge is -2.25. The van der Waals surface area contributed by atoms with Gasteiger partial charge >= 0.3 is 0 Å². The van der Waals surface area contributed by atoms with Gasteiger partial charge in [-0.2, -0.15) is 0 Å². The number of nitrogens with zero attached hydrogens (tertiary/aromatic N) is 1. The maximum atomic E-state index is 6.11. The van der Waals surface area contributed by atoms with E-state index in [-0.39, 0.29) is 6.04 Å². The SMILES string of the molecule is COc1cccc(N(C)CCc2cccs2)c1[C@H](C)N. The monoisotopic (exact) mass is 290 g/mol. The summed E-state index contributed by atoms with van der Waals surface area (Å²) in [5, 5.41) is 2.12. The molecular formula is C16H22N2OS. The van der Waals surface area contributed by atoms with E-state index < -0.39 is 0 Å². The van der Waals surface area contributed by atoms with Gasteiger partial charge in [-0.05, 0) is 36.9 Å². The van der Waals surface area contributed by atoms with Gasteiger partial charge in [0, 0.05) is 35.8 Å². The van der Waals surface area contributed by atoms with E-state index in [9.17, 15) is 0 Å². The van der Waals surface area contributed by atoms with Crippen molar-refractivity contribution in [3.63, 3.8) is 0 Å². The molecule has 108 valence electrons. The Morgan fingerprint density at radius 2 is 2.10 bits per heavy atom. The molecule has 0 radical (unpaired) electrons. The molecule has 2 aromatic rings. The topological polar surface area (TPSA) is 38.5 Å². The lowest BCUT2D eigenvalue weighted by Crippen LogP contribution is -2.23. The Balaban J connectivity index is 2.18. The molecule has 0 fully saturated rings. The zero-order valence-electron chi connectivity index (χ0n) is 12.3. The molecule has 0 unspecified atom stereocenters. The highest BCUT2D eigenvalue weighted by Crippen LogP contribution is 2.33. The summed E-state index contributed by atoms with van der Waals surface area (Å²) in [7, 11) is 3.80. The molecule has 0 saturated heterocycles. The highest BCUT2D eigenvalue weighted by Gasteiger charge is 2.15. The minimum absolute atomic E-state index is 0.0506. The van der Waals surface area contributed by atoms with Gasteiger partial charge < -0.3 is 15.4 Å². The molecule has 3 nitrogen and oxygen atoms in total. The smallest absolute Gasteiger partial charge is 0.125 e. The van der Waals surface area contributed by atoms with E-state index in [1.54, 1.807) is 18.4 Å². The van der Waals surface area contributed by atoms with Crippen molar-refractivity contribution in [2.45, 2.75) is 19.4 Å². The van der Waals surface area contributed by atoms with Crippen LogP contribution in [0.5, 0.6) is 5.75 Å². The van der Waals surface area contributed by atoms with E-state index in [0.29, 0.717) is 0 Å².